The zero-order valence-corrected chi connectivity index (χ0v) is 14.9. The van der Waals surface area contributed by atoms with Crippen LogP contribution in [-0.2, 0) is 16.1 Å². The van der Waals surface area contributed by atoms with Gasteiger partial charge in [-0.25, -0.2) is 0 Å². The van der Waals surface area contributed by atoms with Crippen LogP contribution >= 0.6 is 0 Å². The Morgan fingerprint density at radius 2 is 2.00 bits per heavy atom. The second kappa shape index (κ2) is 6.76. The van der Waals surface area contributed by atoms with Gasteiger partial charge in [-0.15, -0.1) is 0 Å². The van der Waals surface area contributed by atoms with Crippen molar-refractivity contribution in [2.45, 2.75) is 25.8 Å². The van der Waals surface area contributed by atoms with E-state index >= 15 is 0 Å². The summed E-state index contributed by atoms with van der Waals surface area (Å²) in [4.78, 5) is 29.3. The van der Waals surface area contributed by atoms with Gasteiger partial charge in [-0.05, 0) is 36.8 Å². The van der Waals surface area contributed by atoms with E-state index in [1.165, 1.54) is 0 Å². The number of aliphatic hydroxyl groups excluding tert-OH is 1. The van der Waals surface area contributed by atoms with E-state index in [1.807, 2.05) is 46.0 Å². The smallest absolute Gasteiger partial charge is 0.242 e. The van der Waals surface area contributed by atoms with E-state index in [9.17, 15) is 14.7 Å². The fourth-order valence-corrected chi connectivity index (χ4v) is 4.47. The molecule has 1 atom stereocenters. The molecule has 6 heteroatoms. The minimum Gasteiger partial charge on any atom is -0.395 e. The van der Waals surface area contributed by atoms with Gasteiger partial charge < -0.3 is 19.5 Å². The van der Waals surface area contributed by atoms with E-state index in [-0.39, 0.29) is 18.4 Å². The van der Waals surface area contributed by atoms with Crippen LogP contribution in [0.25, 0.3) is 10.9 Å². The summed E-state index contributed by atoms with van der Waals surface area (Å²) in [5.41, 5.74) is 0.611. The first-order valence-electron chi connectivity index (χ1n) is 9.35. The van der Waals surface area contributed by atoms with Crippen LogP contribution in [0, 0.1) is 5.41 Å². The van der Waals surface area contributed by atoms with Crippen LogP contribution in [0.15, 0.2) is 36.5 Å². The van der Waals surface area contributed by atoms with Gasteiger partial charge in [0.1, 0.15) is 6.54 Å². The maximum Gasteiger partial charge on any atom is 0.242 e. The third-order valence-electron chi connectivity index (χ3n) is 5.89. The zero-order valence-electron chi connectivity index (χ0n) is 14.9. The number of β-amino-alcohol motifs (C(OH)–C–C–N with tert-alkyl or cyclic N) is 1. The Hall–Kier alpha value is -2.34. The molecule has 2 aromatic rings. The minimum atomic E-state index is -0.443. The number of likely N-dealkylation sites (tertiary alicyclic amines) is 2. The number of amides is 2. The summed E-state index contributed by atoms with van der Waals surface area (Å²) in [5.74, 6) is 0.176. The third kappa shape index (κ3) is 2.88. The van der Waals surface area contributed by atoms with E-state index in [0.29, 0.717) is 32.7 Å². The zero-order chi connectivity index (χ0) is 18.1. The molecule has 0 unspecified atom stereocenters. The Balaban J connectivity index is 1.46. The highest BCUT2D eigenvalue weighted by Gasteiger charge is 2.49. The quantitative estimate of drug-likeness (QED) is 0.903. The highest BCUT2D eigenvalue weighted by atomic mass is 16.3. The molecule has 0 radical (unpaired) electrons. The number of hydrogen-bond acceptors (Lipinski definition) is 3. The predicted octanol–water partition coefficient (Wildman–Crippen LogP) is 1.47. The van der Waals surface area contributed by atoms with Crippen LogP contribution in [-0.4, -0.2) is 64.1 Å². The molecule has 1 spiro atoms. The molecule has 2 saturated heterocycles. The summed E-state index contributed by atoms with van der Waals surface area (Å²) in [6.45, 7) is 2.54. The molecule has 0 aliphatic carbocycles. The van der Waals surface area contributed by atoms with E-state index in [2.05, 4.69) is 0 Å². The molecule has 2 aliphatic heterocycles. The number of aromatic nitrogens is 1. The van der Waals surface area contributed by atoms with Crippen molar-refractivity contribution in [3.63, 3.8) is 0 Å². The lowest BCUT2D eigenvalue weighted by atomic mass is 9.78. The molecule has 1 N–H and O–H groups in total. The van der Waals surface area contributed by atoms with E-state index in [0.717, 1.165) is 30.2 Å². The number of hydrogen-bond donors (Lipinski definition) is 1. The van der Waals surface area contributed by atoms with Gasteiger partial charge in [0.15, 0.2) is 0 Å². The first-order chi connectivity index (χ1) is 12.6. The number of rotatable bonds is 4. The summed E-state index contributed by atoms with van der Waals surface area (Å²) in [7, 11) is 0. The molecule has 4 rings (SSSR count). The van der Waals surface area contributed by atoms with Crippen molar-refractivity contribution in [2.75, 3.05) is 32.8 Å². The molecule has 138 valence electrons. The molecule has 1 aromatic heterocycles. The lowest BCUT2D eigenvalue weighted by molar-refractivity contribution is -0.146. The normalized spacial score (nSPS) is 23.3. The molecule has 2 aliphatic rings. The fraction of sp³-hybridized carbons (Fsp3) is 0.500. The summed E-state index contributed by atoms with van der Waals surface area (Å²) in [5, 5.41) is 10.3. The van der Waals surface area contributed by atoms with Gasteiger partial charge in [-0.2, -0.15) is 0 Å². The van der Waals surface area contributed by atoms with Gasteiger partial charge in [0.2, 0.25) is 11.8 Å². The summed E-state index contributed by atoms with van der Waals surface area (Å²) < 4.78 is 1.98. The van der Waals surface area contributed by atoms with Crippen molar-refractivity contribution >= 4 is 22.7 Å². The number of piperidine rings is 1. The van der Waals surface area contributed by atoms with E-state index < -0.39 is 5.41 Å². The first-order valence-corrected chi connectivity index (χ1v) is 9.35. The lowest BCUT2D eigenvalue weighted by Gasteiger charge is -2.39. The molecule has 2 amide bonds. The van der Waals surface area contributed by atoms with E-state index in [1.54, 1.807) is 4.90 Å². The van der Waals surface area contributed by atoms with Crippen LogP contribution < -0.4 is 0 Å². The first kappa shape index (κ1) is 17.1. The number of fused-ring (bicyclic) bond motifs is 1. The number of aliphatic hydroxyl groups is 1. The molecule has 6 nitrogen and oxygen atoms in total. The van der Waals surface area contributed by atoms with Gasteiger partial charge in [-0.3, -0.25) is 9.59 Å². The number of nitrogens with zero attached hydrogens (tertiary/aromatic N) is 3. The molecule has 1 aromatic carbocycles. The van der Waals surface area contributed by atoms with Crippen LogP contribution in [0.4, 0.5) is 0 Å². The van der Waals surface area contributed by atoms with Crippen molar-refractivity contribution in [1.82, 2.24) is 14.4 Å². The highest BCUT2D eigenvalue weighted by Crippen LogP contribution is 2.40. The molecular weight excluding hydrogens is 330 g/mol. The van der Waals surface area contributed by atoms with Crippen molar-refractivity contribution in [3.8, 4) is 0 Å². The number of para-hydroxylation sites is 1. The van der Waals surface area contributed by atoms with Gasteiger partial charge in [0.05, 0.1) is 12.0 Å². The molecule has 3 heterocycles. The Bertz CT molecular complexity index is 829. The fourth-order valence-electron chi connectivity index (χ4n) is 4.47. The molecule has 0 bridgehead atoms. The van der Waals surface area contributed by atoms with Crippen LogP contribution in [0.5, 0.6) is 0 Å². The second-order valence-electron chi connectivity index (χ2n) is 7.47. The SMILES string of the molecule is O=C(Cn1ccc2ccccc21)N1CC[C@]2(CCCN(CCO)C2=O)C1. The third-order valence-corrected chi connectivity index (χ3v) is 5.89. The van der Waals surface area contributed by atoms with Crippen LogP contribution in [0.3, 0.4) is 0 Å². The average Bonchev–Trinajstić information content (AvgIpc) is 3.25. The Morgan fingerprint density at radius 3 is 2.85 bits per heavy atom. The average molecular weight is 355 g/mol. The number of benzene rings is 1. The summed E-state index contributed by atoms with van der Waals surface area (Å²) in [6.07, 6.45) is 4.45. The second-order valence-corrected chi connectivity index (χ2v) is 7.47. The van der Waals surface area contributed by atoms with Crippen molar-refractivity contribution in [3.05, 3.63) is 36.5 Å². The van der Waals surface area contributed by atoms with Crippen molar-refractivity contribution in [1.29, 1.82) is 0 Å². The monoisotopic (exact) mass is 355 g/mol. The Labute approximate surface area is 153 Å². The van der Waals surface area contributed by atoms with Crippen LogP contribution in [0.1, 0.15) is 19.3 Å². The van der Waals surface area contributed by atoms with Crippen molar-refractivity contribution in [2.24, 2.45) is 5.41 Å². The topological polar surface area (TPSA) is 65.8 Å². The Kier molecular flexibility index (Phi) is 4.44. The molecule has 26 heavy (non-hydrogen) atoms. The number of carbonyl (C=O) groups is 2. The highest BCUT2D eigenvalue weighted by molar-refractivity contribution is 5.87. The van der Waals surface area contributed by atoms with Gasteiger partial charge in [0.25, 0.3) is 0 Å². The molecular formula is C20H25N3O3. The lowest BCUT2D eigenvalue weighted by Crippen LogP contribution is -2.51. The molecule has 2 fully saturated rings. The van der Waals surface area contributed by atoms with Crippen LogP contribution in [0.2, 0.25) is 0 Å². The van der Waals surface area contributed by atoms with Gasteiger partial charge >= 0.3 is 0 Å². The molecule has 0 saturated carbocycles. The maximum absolute atomic E-state index is 12.9. The largest absolute Gasteiger partial charge is 0.395 e. The summed E-state index contributed by atoms with van der Waals surface area (Å²) in [6, 6.07) is 10.0. The minimum absolute atomic E-state index is 0.00876. The summed E-state index contributed by atoms with van der Waals surface area (Å²) >= 11 is 0. The van der Waals surface area contributed by atoms with Gasteiger partial charge in [-0.1, -0.05) is 18.2 Å². The van der Waals surface area contributed by atoms with Gasteiger partial charge in [0, 0.05) is 37.9 Å². The van der Waals surface area contributed by atoms with E-state index in [4.69, 9.17) is 0 Å². The predicted molar refractivity (Wildman–Crippen MR) is 98.5 cm³/mol. The Morgan fingerprint density at radius 1 is 1.15 bits per heavy atom. The van der Waals surface area contributed by atoms with Crippen molar-refractivity contribution < 1.29 is 14.7 Å². The standard InChI is InChI=1S/C20H25N3O3/c24-13-12-21-9-3-7-20(19(21)26)8-11-23(15-20)18(25)14-22-10-6-16-4-1-2-5-17(16)22/h1-2,4-6,10,24H,3,7-9,11-15H2/t20-/m1/s1. The number of carbonyl (C=O) groups excluding carboxylic acids is 2. The maximum atomic E-state index is 12.9.